The zero-order valence-electron chi connectivity index (χ0n) is 14.5. The second-order valence-electron chi connectivity index (χ2n) is 5.76. The van der Waals surface area contributed by atoms with E-state index in [2.05, 4.69) is 20.5 Å². The van der Waals surface area contributed by atoms with Crippen molar-refractivity contribution in [3.8, 4) is 11.3 Å². The number of thiazole rings is 1. The predicted octanol–water partition coefficient (Wildman–Crippen LogP) is 3.55. The molecule has 2 N–H and O–H groups in total. The summed E-state index contributed by atoms with van der Waals surface area (Å²) in [5.74, 6) is -0.0284. The van der Waals surface area contributed by atoms with Crippen LogP contribution in [0.15, 0.2) is 36.5 Å². The Labute approximate surface area is 150 Å². The molecule has 2 heterocycles. The van der Waals surface area contributed by atoms with Gasteiger partial charge in [-0.2, -0.15) is 5.10 Å². The molecule has 1 aromatic carbocycles. The fourth-order valence-electron chi connectivity index (χ4n) is 2.61. The number of nitrogens with one attached hydrogen (secondary N) is 2. The van der Waals surface area contributed by atoms with Crippen molar-refractivity contribution >= 4 is 22.4 Å². The quantitative estimate of drug-likeness (QED) is 0.709. The zero-order chi connectivity index (χ0) is 17.8. The number of hydrogen-bond donors (Lipinski definition) is 2. The zero-order valence-corrected chi connectivity index (χ0v) is 15.4. The standard InChI is InChI=1S/C18H21N5OS/c1-4-19-18-21-12(2)16(25-18)17(24)23(3)11-14-10-20-22-15(14)13-8-6-5-7-9-13/h5-10H,4,11H2,1-3H3,(H,19,21)(H,20,22). The molecule has 130 valence electrons. The van der Waals surface area contributed by atoms with Gasteiger partial charge >= 0.3 is 0 Å². The lowest BCUT2D eigenvalue weighted by atomic mass is 10.1. The van der Waals surface area contributed by atoms with Crippen molar-refractivity contribution in [3.05, 3.63) is 52.7 Å². The third kappa shape index (κ3) is 3.71. The maximum atomic E-state index is 12.8. The summed E-state index contributed by atoms with van der Waals surface area (Å²) >= 11 is 1.40. The molecule has 0 unspecified atom stereocenters. The topological polar surface area (TPSA) is 73.9 Å². The molecule has 7 heteroatoms. The maximum absolute atomic E-state index is 12.8. The number of aryl methyl sites for hydroxylation is 1. The van der Waals surface area contributed by atoms with Gasteiger partial charge in [-0.3, -0.25) is 9.89 Å². The van der Waals surface area contributed by atoms with Crippen LogP contribution in [0.3, 0.4) is 0 Å². The van der Waals surface area contributed by atoms with Crippen LogP contribution in [0.5, 0.6) is 0 Å². The molecule has 0 aliphatic rings. The van der Waals surface area contributed by atoms with E-state index in [-0.39, 0.29) is 5.91 Å². The molecule has 0 saturated heterocycles. The molecule has 0 spiro atoms. The SMILES string of the molecule is CCNc1nc(C)c(C(=O)N(C)Cc2cn[nH]c2-c2ccccc2)s1. The van der Waals surface area contributed by atoms with E-state index in [0.29, 0.717) is 11.4 Å². The minimum Gasteiger partial charge on any atom is -0.362 e. The number of nitrogens with zero attached hydrogens (tertiary/aromatic N) is 3. The van der Waals surface area contributed by atoms with Crippen LogP contribution >= 0.6 is 11.3 Å². The van der Waals surface area contributed by atoms with Crippen molar-refractivity contribution < 1.29 is 4.79 Å². The number of hydrogen-bond acceptors (Lipinski definition) is 5. The van der Waals surface area contributed by atoms with Gasteiger partial charge in [-0.1, -0.05) is 41.7 Å². The molecule has 2 aromatic heterocycles. The number of aromatic amines is 1. The maximum Gasteiger partial charge on any atom is 0.265 e. The molecule has 0 aliphatic carbocycles. The van der Waals surface area contributed by atoms with E-state index in [0.717, 1.165) is 34.2 Å². The van der Waals surface area contributed by atoms with Crippen LogP contribution in [0.4, 0.5) is 5.13 Å². The van der Waals surface area contributed by atoms with Crippen molar-refractivity contribution in [1.29, 1.82) is 0 Å². The average molecular weight is 355 g/mol. The molecule has 0 saturated carbocycles. The van der Waals surface area contributed by atoms with E-state index >= 15 is 0 Å². The minimum atomic E-state index is -0.0284. The van der Waals surface area contributed by atoms with Gasteiger partial charge in [0.15, 0.2) is 5.13 Å². The number of carbonyl (C=O) groups is 1. The normalized spacial score (nSPS) is 10.7. The predicted molar refractivity (Wildman–Crippen MR) is 101 cm³/mol. The monoisotopic (exact) mass is 355 g/mol. The Morgan fingerprint density at radius 2 is 2.08 bits per heavy atom. The van der Waals surface area contributed by atoms with Crippen molar-refractivity contribution in [2.75, 3.05) is 18.9 Å². The van der Waals surface area contributed by atoms with Crippen LogP contribution < -0.4 is 5.32 Å². The lowest BCUT2D eigenvalue weighted by Gasteiger charge is -2.16. The highest BCUT2D eigenvalue weighted by atomic mass is 32.1. The van der Waals surface area contributed by atoms with Crippen LogP contribution in [0.2, 0.25) is 0 Å². The highest BCUT2D eigenvalue weighted by Gasteiger charge is 2.20. The molecule has 0 fully saturated rings. The summed E-state index contributed by atoms with van der Waals surface area (Å²) in [6, 6.07) is 9.99. The molecule has 0 bridgehead atoms. The minimum absolute atomic E-state index is 0.0284. The number of aromatic nitrogens is 3. The van der Waals surface area contributed by atoms with Crippen LogP contribution in [-0.4, -0.2) is 39.6 Å². The first kappa shape index (κ1) is 17.2. The molecule has 25 heavy (non-hydrogen) atoms. The highest BCUT2D eigenvalue weighted by molar-refractivity contribution is 7.17. The summed E-state index contributed by atoms with van der Waals surface area (Å²) in [6.45, 7) is 5.14. The van der Waals surface area contributed by atoms with Crippen LogP contribution in [-0.2, 0) is 6.54 Å². The van der Waals surface area contributed by atoms with E-state index < -0.39 is 0 Å². The Hall–Kier alpha value is -2.67. The number of anilines is 1. The highest BCUT2D eigenvalue weighted by Crippen LogP contribution is 2.26. The van der Waals surface area contributed by atoms with Gasteiger partial charge in [-0.25, -0.2) is 4.98 Å². The number of carbonyl (C=O) groups excluding carboxylic acids is 1. The lowest BCUT2D eigenvalue weighted by molar-refractivity contribution is 0.0789. The summed E-state index contributed by atoms with van der Waals surface area (Å²) in [6.07, 6.45) is 1.77. The summed E-state index contributed by atoms with van der Waals surface area (Å²) in [5.41, 5.74) is 3.73. The number of amides is 1. The smallest absolute Gasteiger partial charge is 0.265 e. The van der Waals surface area contributed by atoms with Crippen molar-refractivity contribution in [2.45, 2.75) is 20.4 Å². The van der Waals surface area contributed by atoms with Crippen molar-refractivity contribution in [1.82, 2.24) is 20.1 Å². The van der Waals surface area contributed by atoms with Gasteiger partial charge in [-0.05, 0) is 19.4 Å². The van der Waals surface area contributed by atoms with E-state index in [1.165, 1.54) is 11.3 Å². The van der Waals surface area contributed by atoms with Gasteiger partial charge < -0.3 is 10.2 Å². The van der Waals surface area contributed by atoms with Gasteiger partial charge in [0, 0.05) is 25.7 Å². The van der Waals surface area contributed by atoms with Crippen LogP contribution in [0.25, 0.3) is 11.3 Å². The van der Waals surface area contributed by atoms with Crippen LogP contribution in [0, 0.1) is 6.92 Å². The molecule has 3 rings (SSSR count). The fourth-order valence-corrected chi connectivity index (χ4v) is 3.64. The van der Waals surface area contributed by atoms with Gasteiger partial charge in [0.25, 0.3) is 5.91 Å². The first-order chi connectivity index (χ1) is 12.1. The van der Waals surface area contributed by atoms with E-state index in [1.54, 1.807) is 18.1 Å². The Morgan fingerprint density at radius 3 is 2.80 bits per heavy atom. The lowest BCUT2D eigenvalue weighted by Crippen LogP contribution is -2.26. The third-order valence-corrected chi connectivity index (χ3v) is 4.96. The molecular weight excluding hydrogens is 334 g/mol. The van der Waals surface area contributed by atoms with Crippen molar-refractivity contribution in [2.24, 2.45) is 0 Å². The number of H-pyrrole nitrogens is 1. The third-order valence-electron chi connectivity index (χ3n) is 3.85. The number of benzene rings is 1. The van der Waals surface area contributed by atoms with E-state index in [9.17, 15) is 4.79 Å². The summed E-state index contributed by atoms with van der Waals surface area (Å²) in [7, 11) is 1.80. The number of rotatable bonds is 6. The summed E-state index contributed by atoms with van der Waals surface area (Å²) in [5, 5.41) is 11.1. The van der Waals surface area contributed by atoms with Crippen LogP contribution in [0.1, 0.15) is 27.9 Å². The molecule has 0 radical (unpaired) electrons. The molecular formula is C18H21N5OS. The Morgan fingerprint density at radius 1 is 1.32 bits per heavy atom. The van der Waals surface area contributed by atoms with Gasteiger partial charge in [0.05, 0.1) is 17.6 Å². The molecule has 0 aliphatic heterocycles. The Balaban J connectivity index is 1.78. The van der Waals surface area contributed by atoms with Crippen molar-refractivity contribution in [3.63, 3.8) is 0 Å². The summed E-state index contributed by atoms with van der Waals surface area (Å²) in [4.78, 5) is 19.6. The molecule has 1 amide bonds. The first-order valence-electron chi connectivity index (χ1n) is 8.14. The Kier molecular flexibility index (Phi) is 5.14. The second-order valence-corrected chi connectivity index (χ2v) is 6.76. The Bertz CT molecular complexity index is 855. The average Bonchev–Trinajstić information content (AvgIpc) is 3.22. The van der Waals surface area contributed by atoms with Gasteiger partial charge in [0.2, 0.25) is 0 Å². The molecule has 0 atom stereocenters. The van der Waals surface area contributed by atoms with Gasteiger partial charge in [-0.15, -0.1) is 0 Å². The van der Waals surface area contributed by atoms with Gasteiger partial charge in [0.1, 0.15) is 4.88 Å². The molecule has 3 aromatic rings. The first-order valence-corrected chi connectivity index (χ1v) is 8.96. The largest absolute Gasteiger partial charge is 0.362 e. The van der Waals surface area contributed by atoms with E-state index in [1.807, 2.05) is 44.2 Å². The fraction of sp³-hybridized carbons (Fsp3) is 0.278. The van der Waals surface area contributed by atoms with E-state index in [4.69, 9.17) is 0 Å². The summed E-state index contributed by atoms with van der Waals surface area (Å²) < 4.78 is 0. The molecule has 6 nitrogen and oxygen atoms in total. The second kappa shape index (κ2) is 7.48.